The van der Waals surface area contributed by atoms with Crippen LogP contribution in [0.3, 0.4) is 0 Å². The molecule has 0 radical (unpaired) electrons. The van der Waals surface area contributed by atoms with E-state index in [0.29, 0.717) is 16.6 Å². The van der Waals surface area contributed by atoms with E-state index >= 15 is 0 Å². The van der Waals surface area contributed by atoms with E-state index in [2.05, 4.69) is 58.2 Å². The number of carbonyl (C=O) groups excluding carboxylic acids is 1. The van der Waals surface area contributed by atoms with Crippen LogP contribution < -0.4 is 9.03 Å². The Hall–Kier alpha value is -2.26. The Kier molecular flexibility index (Phi) is 5.81. The second-order valence-corrected chi connectivity index (χ2v) is 16.2. The van der Waals surface area contributed by atoms with E-state index in [4.69, 9.17) is 0 Å². The highest BCUT2D eigenvalue weighted by atomic mass is 32.2. The van der Waals surface area contributed by atoms with Gasteiger partial charge in [-0.15, -0.1) is 0 Å². The topological polar surface area (TPSA) is 91.6 Å². The molecule has 0 aliphatic carbocycles. The van der Waals surface area contributed by atoms with Crippen LogP contribution in [0, 0.1) is 0 Å². The lowest BCUT2D eigenvalue weighted by Crippen LogP contribution is -2.51. The summed E-state index contributed by atoms with van der Waals surface area (Å²) in [5, 5.41) is 10.5. The van der Waals surface area contributed by atoms with Crippen molar-refractivity contribution >= 4 is 30.0 Å². The Bertz CT molecular complexity index is 1040. The van der Waals surface area contributed by atoms with E-state index in [1.54, 1.807) is 12.1 Å². The maximum absolute atomic E-state index is 12.1. The molecule has 30 heavy (non-hydrogen) atoms. The molecule has 1 aromatic carbocycles. The molecule has 0 unspecified atom stereocenters. The molecule has 0 spiro atoms. The minimum Gasteiger partial charge on any atom is -0.506 e. The van der Waals surface area contributed by atoms with Crippen LogP contribution in [0.4, 0.5) is 5.69 Å². The van der Waals surface area contributed by atoms with Gasteiger partial charge in [0.1, 0.15) is 12.3 Å². The monoisotopic (exact) mass is 449 g/mol. The van der Waals surface area contributed by atoms with Crippen molar-refractivity contribution in [2.75, 3.05) is 10.8 Å². The van der Waals surface area contributed by atoms with Gasteiger partial charge in [-0.3, -0.25) is 4.79 Å². The summed E-state index contributed by atoms with van der Waals surface area (Å²) in [5.41, 5.74) is 3.52. The maximum Gasteiger partial charge on any atom is 0.326 e. The molecular weight excluding hydrogens is 418 g/mol. The van der Waals surface area contributed by atoms with Gasteiger partial charge in [-0.1, -0.05) is 47.6 Å². The minimum atomic E-state index is -3.96. The number of aromatic nitrogens is 1. The Labute approximate surface area is 180 Å². The molecule has 1 saturated heterocycles. The Morgan fingerprint density at radius 1 is 1.00 bits per heavy atom. The fourth-order valence-corrected chi connectivity index (χ4v) is 12.9. The third kappa shape index (κ3) is 3.54. The number of aromatic hydroxyl groups is 1. The molecule has 0 saturated carbocycles. The molecule has 2 heterocycles. The summed E-state index contributed by atoms with van der Waals surface area (Å²) < 4.78 is 29.4. The smallest absolute Gasteiger partial charge is 0.326 e. The largest absolute Gasteiger partial charge is 0.506 e. The number of benzene rings is 1. The van der Waals surface area contributed by atoms with Gasteiger partial charge in [-0.25, -0.2) is 9.03 Å². The van der Waals surface area contributed by atoms with Gasteiger partial charge in [-0.05, 0) is 52.1 Å². The van der Waals surface area contributed by atoms with E-state index in [-0.39, 0.29) is 18.0 Å². The van der Waals surface area contributed by atoms with Crippen molar-refractivity contribution in [3.8, 4) is 16.9 Å². The van der Waals surface area contributed by atoms with E-state index in [1.807, 2.05) is 10.8 Å². The van der Waals surface area contributed by atoms with Gasteiger partial charge in [0, 0.05) is 6.20 Å². The number of phenols is 1. The average molecular weight is 450 g/mol. The second-order valence-electron chi connectivity index (χ2n) is 8.90. The predicted octanol–water partition coefficient (Wildman–Crippen LogP) is 4.07. The van der Waals surface area contributed by atoms with E-state index < -0.39 is 24.4 Å². The first-order chi connectivity index (χ1) is 13.9. The summed E-state index contributed by atoms with van der Waals surface area (Å²) in [5.74, 6) is -0.798. The molecule has 164 valence electrons. The first kappa shape index (κ1) is 22.4. The third-order valence-electron chi connectivity index (χ3n) is 6.31. The molecule has 2 aromatic rings. The zero-order valence-electron chi connectivity index (χ0n) is 18.4. The third-order valence-corrected chi connectivity index (χ3v) is 14.4. The summed E-state index contributed by atoms with van der Waals surface area (Å²) in [4.78, 5) is 11.5. The summed E-state index contributed by atoms with van der Waals surface area (Å²) >= 11 is 0. The van der Waals surface area contributed by atoms with Crippen molar-refractivity contribution < 1.29 is 18.3 Å². The number of rotatable bonds is 6. The summed E-state index contributed by atoms with van der Waals surface area (Å²) in [6.07, 6.45) is 4.29. The highest BCUT2D eigenvalue weighted by Gasteiger charge is 2.45. The molecule has 1 amide bonds. The van der Waals surface area contributed by atoms with E-state index in [9.17, 15) is 18.3 Å². The molecule has 3 rings (SSSR count). The normalized spacial score (nSPS) is 16.7. The summed E-state index contributed by atoms with van der Waals surface area (Å²) in [6, 6.07) is 6.91. The Balaban J connectivity index is 2.00. The molecule has 0 atom stereocenters. The van der Waals surface area contributed by atoms with Crippen LogP contribution in [0.25, 0.3) is 11.1 Å². The molecular formula is C21H31N3O4SSi. The lowest BCUT2D eigenvalue weighted by Gasteiger charge is -2.44. The quantitative estimate of drug-likeness (QED) is 0.651. The van der Waals surface area contributed by atoms with Crippen LogP contribution in [0.15, 0.2) is 36.7 Å². The molecule has 1 fully saturated rings. The maximum atomic E-state index is 12.1. The Morgan fingerprint density at radius 2 is 1.60 bits per heavy atom. The zero-order chi connectivity index (χ0) is 22.4. The highest BCUT2D eigenvalue weighted by Crippen LogP contribution is 2.43. The van der Waals surface area contributed by atoms with Gasteiger partial charge in [0.05, 0.1) is 5.69 Å². The number of phenolic OH excluding ortho intramolecular Hbond substituents is 1. The lowest BCUT2D eigenvalue weighted by molar-refractivity contribution is -0.117. The minimum absolute atomic E-state index is 0.0896. The number of nitrogens with one attached hydrogen (secondary N) is 1. The van der Waals surface area contributed by atoms with E-state index in [1.165, 1.54) is 6.07 Å². The van der Waals surface area contributed by atoms with Gasteiger partial charge >= 0.3 is 10.2 Å². The molecule has 1 aliphatic heterocycles. The van der Waals surface area contributed by atoms with Crippen molar-refractivity contribution in [3.63, 3.8) is 0 Å². The Morgan fingerprint density at radius 3 is 2.07 bits per heavy atom. The SMILES string of the molecule is CC(C)[Si](C(C)C)(C(C)C)n1ccc(-c2ccc(N3CC(=O)NS3(=O)=O)c(O)c2)c1. The fourth-order valence-electron chi connectivity index (χ4n) is 5.28. The van der Waals surface area contributed by atoms with Gasteiger partial charge < -0.3 is 9.34 Å². The molecule has 9 heteroatoms. The van der Waals surface area contributed by atoms with Gasteiger partial charge in [0.25, 0.3) is 5.91 Å². The fraction of sp³-hybridized carbons (Fsp3) is 0.476. The van der Waals surface area contributed by atoms with Crippen LogP contribution in [0.5, 0.6) is 5.75 Å². The van der Waals surface area contributed by atoms with Crippen molar-refractivity contribution in [1.82, 2.24) is 8.95 Å². The van der Waals surface area contributed by atoms with Gasteiger partial charge in [0.15, 0.2) is 8.24 Å². The number of anilines is 1. The highest BCUT2D eigenvalue weighted by molar-refractivity contribution is 7.92. The van der Waals surface area contributed by atoms with Crippen LogP contribution >= 0.6 is 0 Å². The van der Waals surface area contributed by atoms with Crippen molar-refractivity contribution in [2.45, 2.75) is 58.2 Å². The average Bonchev–Trinajstić information content (AvgIpc) is 3.18. The first-order valence-electron chi connectivity index (χ1n) is 10.3. The van der Waals surface area contributed by atoms with Crippen molar-refractivity contribution in [2.24, 2.45) is 0 Å². The molecule has 1 aromatic heterocycles. The van der Waals surface area contributed by atoms with Crippen LogP contribution in [0.2, 0.25) is 16.6 Å². The van der Waals surface area contributed by atoms with Crippen molar-refractivity contribution in [3.05, 3.63) is 36.7 Å². The number of carbonyl (C=O) groups is 1. The predicted molar refractivity (Wildman–Crippen MR) is 122 cm³/mol. The number of amides is 1. The number of hydrogen-bond acceptors (Lipinski definition) is 4. The van der Waals surface area contributed by atoms with Gasteiger partial charge in [-0.2, -0.15) is 8.42 Å². The van der Waals surface area contributed by atoms with Crippen molar-refractivity contribution in [1.29, 1.82) is 0 Å². The van der Waals surface area contributed by atoms with Crippen LogP contribution in [0.1, 0.15) is 41.5 Å². The lowest BCUT2D eigenvalue weighted by atomic mass is 10.1. The molecule has 0 bridgehead atoms. The standard InChI is InChI=1S/C21H31N3O4SSi/c1-14(2)30(15(3)4,16(5)6)23-10-9-18(12-23)17-7-8-19(20(25)11-17)24-13-21(26)22-29(24,27)28/h7-12,14-16,25H,13H2,1-6H3,(H,22,26). The molecule has 2 N–H and O–H groups in total. The summed E-state index contributed by atoms with van der Waals surface area (Å²) in [6.45, 7) is 13.5. The second kappa shape index (κ2) is 7.77. The van der Waals surface area contributed by atoms with E-state index in [0.717, 1.165) is 15.4 Å². The molecule has 7 nitrogen and oxygen atoms in total. The van der Waals surface area contributed by atoms with Gasteiger partial charge in [0.2, 0.25) is 0 Å². The van der Waals surface area contributed by atoms with Crippen LogP contribution in [-0.4, -0.2) is 38.4 Å². The van der Waals surface area contributed by atoms with Crippen LogP contribution in [-0.2, 0) is 15.0 Å². The first-order valence-corrected chi connectivity index (χ1v) is 13.9. The number of nitrogens with zero attached hydrogens (tertiary/aromatic N) is 2. The molecule has 1 aliphatic rings. The zero-order valence-corrected chi connectivity index (χ0v) is 20.2. The number of hydrogen-bond donors (Lipinski definition) is 2. The summed E-state index contributed by atoms with van der Waals surface area (Å²) in [7, 11) is -5.83.